The van der Waals surface area contributed by atoms with E-state index in [0.29, 0.717) is 4.83 Å². The molecule has 0 aromatic heterocycles. The first kappa shape index (κ1) is 12.2. The fourth-order valence-corrected chi connectivity index (χ4v) is 3.14. The average molecular weight is 281 g/mol. The van der Waals surface area contributed by atoms with Crippen molar-refractivity contribution in [1.82, 2.24) is 0 Å². The molecule has 1 aromatic carbocycles. The van der Waals surface area contributed by atoms with Crippen LogP contribution in [0.15, 0.2) is 18.2 Å². The summed E-state index contributed by atoms with van der Waals surface area (Å²) in [5.41, 5.74) is 4.66. The smallest absolute Gasteiger partial charge is 0.0395 e. The van der Waals surface area contributed by atoms with E-state index < -0.39 is 0 Å². The third-order valence-corrected chi connectivity index (χ3v) is 4.53. The molecule has 16 heavy (non-hydrogen) atoms. The number of unbranched alkanes of at least 4 members (excludes halogenated alkanes) is 2. The Morgan fingerprint density at radius 3 is 2.81 bits per heavy atom. The minimum absolute atomic E-state index is 0.560. The molecule has 1 aromatic rings. The predicted molar refractivity (Wildman–Crippen MR) is 74.3 cm³/mol. The molecule has 0 bridgehead atoms. The van der Waals surface area contributed by atoms with Gasteiger partial charge in [0.2, 0.25) is 0 Å². The van der Waals surface area contributed by atoms with E-state index in [1.807, 2.05) is 0 Å². The summed E-state index contributed by atoms with van der Waals surface area (Å²) >= 11 is 3.82. The van der Waals surface area contributed by atoms with Gasteiger partial charge >= 0.3 is 0 Å². The number of benzene rings is 1. The van der Waals surface area contributed by atoms with E-state index in [1.54, 1.807) is 11.1 Å². The maximum Gasteiger partial charge on any atom is 0.0395 e. The molecule has 1 unspecified atom stereocenters. The summed E-state index contributed by atoms with van der Waals surface area (Å²) in [6, 6.07) is 7.08. The van der Waals surface area contributed by atoms with Crippen LogP contribution < -0.4 is 0 Å². The van der Waals surface area contributed by atoms with Gasteiger partial charge in [0.15, 0.2) is 0 Å². The quantitative estimate of drug-likeness (QED) is 0.514. The number of alkyl halides is 1. The van der Waals surface area contributed by atoms with Gasteiger partial charge in [-0.1, -0.05) is 60.3 Å². The lowest BCUT2D eigenvalue weighted by Gasteiger charge is -2.11. The zero-order valence-corrected chi connectivity index (χ0v) is 11.7. The van der Waals surface area contributed by atoms with Crippen LogP contribution in [0.2, 0.25) is 0 Å². The topological polar surface area (TPSA) is 0 Å². The Morgan fingerprint density at radius 2 is 2.00 bits per heavy atom. The molecule has 2 rings (SSSR count). The fraction of sp³-hybridized carbons (Fsp3) is 0.600. The van der Waals surface area contributed by atoms with Gasteiger partial charge in [-0.2, -0.15) is 0 Å². The lowest BCUT2D eigenvalue weighted by molar-refractivity contribution is 0.663. The third kappa shape index (κ3) is 2.88. The van der Waals surface area contributed by atoms with Gasteiger partial charge in [-0.3, -0.25) is 0 Å². The van der Waals surface area contributed by atoms with E-state index in [4.69, 9.17) is 0 Å². The van der Waals surface area contributed by atoms with E-state index >= 15 is 0 Å². The Hall–Kier alpha value is -0.300. The molecule has 0 spiro atoms. The summed E-state index contributed by atoms with van der Waals surface area (Å²) in [5, 5.41) is 0. The molecule has 0 saturated carbocycles. The Bertz CT molecular complexity index is 343. The van der Waals surface area contributed by atoms with Crippen molar-refractivity contribution < 1.29 is 0 Å². The Labute approximate surface area is 108 Å². The second-order valence-corrected chi connectivity index (χ2v) is 5.95. The van der Waals surface area contributed by atoms with Crippen LogP contribution in [0.4, 0.5) is 0 Å². The van der Waals surface area contributed by atoms with Crippen LogP contribution >= 0.6 is 15.9 Å². The molecule has 0 aliphatic heterocycles. The molecule has 0 heterocycles. The maximum atomic E-state index is 3.82. The number of fused-ring (bicyclic) bond motifs is 1. The highest BCUT2D eigenvalue weighted by molar-refractivity contribution is 9.09. The zero-order chi connectivity index (χ0) is 11.4. The summed E-state index contributed by atoms with van der Waals surface area (Å²) < 4.78 is 0. The largest absolute Gasteiger partial charge is 0.0839 e. The van der Waals surface area contributed by atoms with Crippen molar-refractivity contribution in [2.45, 2.75) is 56.7 Å². The van der Waals surface area contributed by atoms with Crippen LogP contribution in [0, 0.1) is 0 Å². The third-order valence-electron chi connectivity index (χ3n) is 3.55. The van der Waals surface area contributed by atoms with Crippen LogP contribution in [0.25, 0.3) is 0 Å². The molecule has 0 nitrogen and oxygen atoms in total. The van der Waals surface area contributed by atoms with Crippen molar-refractivity contribution in [3.05, 3.63) is 34.9 Å². The molecule has 1 atom stereocenters. The van der Waals surface area contributed by atoms with Crippen molar-refractivity contribution in [3.63, 3.8) is 0 Å². The van der Waals surface area contributed by atoms with Crippen LogP contribution in [0.5, 0.6) is 0 Å². The zero-order valence-electron chi connectivity index (χ0n) is 10.1. The molecular formula is C15H21Br. The molecular weight excluding hydrogens is 260 g/mol. The van der Waals surface area contributed by atoms with Crippen molar-refractivity contribution in [2.24, 2.45) is 0 Å². The molecule has 0 saturated heterocycles. The first-order valence-electron chi connectivity index (χ1n) is 6.57. The number of rotatable bonds is 5. The van der Waals surface area contributed by atoms with Crippen LogP contribution in [-0.2, 0) is 12.8 Å². The molecule has 1 aliphatic rings. The molecule has 1 aliphatic carbocycles. The molecule has 0 radical (unpaired) electrons. The summed E-state index contributed by atoms with van der Waals surface area (Å²) in [4.78, 5) is 0.560. The first-order valence-corrected chi connectivity index (χ1v) is 7.48. The number of aryl methyl sites for hydroxylation is 2. The average Bonchev–Trinajstić information content (AvgIpc) is 2.76. The van der Waals surface area contributed by atoms with Gasteiger partial charge in [0.1, 0.15) is 0 Å². The Balaban J connectivity index is 1.98. The second-order valence-electron chi connectivity index (χ2n) is 4.85. The van der Waals surface area contributed by atoms with Gasteiger partial charge in [0.05, 0.1) is 0 Å². The van der Waals surface area contributed by atoms with Crippen LogP contribution in [0.1, 0.15) is 60.5 Å². The standard InChI is InChI=1S/C15H21Br/c1-2-3-4-8-15(16)14-10-9-12-6-5-7-13(12)11-14/h9-11,15H,2-8H2,1H3. The van der Waals surface area contributed by atoms with Gasteiger partial charge in [0, 0.05) is 4.83 Å². The SMILES string of the molecule is CCCCCC(Br)c1ccc2c(c1)CCC2. The minimum atomic E-state index is 0.560. The highest BCUT2D eigenvalue weighted by Crippen LogP contribution is 2.32. The monoisotopic (exact) mass is 280 g/mol. The van der Waals surface area contributed by atoms with Gasteiger partial charge in [-0.05, 0) is 42.4 Å². The molecule has 0 N–H and O–H groups in total. The Morgan fingerprint density at radius 1 is 1.19 bits per heavy atom. The molecule has 0 fully saturated rings. The highest BCUT2D eigenvalue weighted by atomic mass is 79.9. The molecule has 88 valence electrons. The molecule has 0 amide bonds. The normalized spacial score (nSPS) is 16.1. The van der Waals surface area contributed by atoms with E-state index in [1.165, 1.54) is 50.5 Å². The van der Waals surface area contributed by atoms with E-state index in [9.17, 15) is 0 Å². The number of hydrogen-bond acceptors (Lipinski definition) is 0. The van der Waals surface area contributed by atoms with Gasteiger partial charge < -0.3 is 0 Å². The van der Waals surface area contributed by atoms with Crippen molar-refractivity contribution in [3.8, 4) is 0 Å². The van der Waals surface area contributed by atoms with E-state index in [-0.39, 0.29) is 0 Å². The summed E-state index contributed by atoms with van der Waals surface area (Å²) in [6.45, 7) is 2.26. The lowest BCUT2D eigenvalue weighted by Crippen LogP contribution is -1.93. The summed E-state index contributed by atoms with van der Waals surface area (Å²) in [6.07, 6.45) is 9.20. The number of hydrogen-bond donors (Lipinski definition) is 0. The fourth-order valence-electron chi connectivity index (χ4n) is 2.53. The molecule has 1 heteroatoms. The predicted octanol–water partition coefficient (Wildman–Crippen LogP) is 5.19. The first-order chi connectivity index (χ1) is 7.81. The number of halogens is 1. The highest BCUT2D eigenvalue weighted by Gasteiger charge is 2.13. The van der Waals surface area contributed by atoms with Crippen LogP contribution in [-0.4, -0.2) is 0 Å². The van der Waals surface area contributed by atoms with Crippen molar-refractivity contribution in [2.75, 3.05) is 0 Å². The van der Waals surface area contributed by atoms with E-state index in [0.717, 1.165) is 0 Å². The van der Waals surface area contributed by atoms with Crippen LogP contribution in [0.3, 0.4) is 0 Å². The van der Waals surface area contributed by atoms with Crippen molar-refractivity contribution >= 4 is 15.9 Å². The maximum absolute atomic E-state index is 3.82. The van der Waals surface area contributed by atoms with E-state index in [2.05, 4.69) is 41.1 Å². The minimum Gasteiger partial charge on any atom is -0.0839 e. The van der Waals surface area contributed by atoms with Crippen molar-refractivity contribution in [1.29, 1.82) is 0 Å². The lowest BCUT2D eigenvalue weighted by atomic mass is 10.0. The summed E-state index contributed by atoms with van der Waals surface area (Å²) in [5.74, 6) is 0. The van der Waals surface area contributed by atoms with Gasteiger partial charge in [-0.25, -0.2) is 0 Å². The Kier molecular flexibility index (Phi) is 4.45. The van der Waals surface area contributed by atoms with Gasteiger partial charge in [0.25, 0.3) is 0 Å². The second kappa shape index (κ2) is 5.86. The summed E-state index contributed by atoms with van der Waals surface area (Å²) in [7, 11) is 0. The van der Waals surface area contributed by atoms with Gasteiger partial charge in [-0.15, -0.1) is 0 Å².